The van der Waals surface area contributed by atoms with E-state index < -0.39 is 17.8 Å². The Morgan fingerprint density at radius 2 is 1.92 bits per heavy atom. The maximum absolute atomic E-state index is 12.8. The van der Waals surface area contributed by atoms with Gasteiger partial charge in [0.15, 0.2) is 0 Å². The predicted octanol–water partition coefficient (Wildman–Crippen LogP) is 5.23. The number of urea groups is 1. The minimum absolute atomic E-state index is 0.112. The van der Waals surface area contributed by atoms with Gasteiger partial charge in [-0.05, 0) is 43.0 Å². The van der Waals surface area contributed by atoms with Crippen LogP contribution in [0.3, 0.4) is 0 Å². The molecule has 0 aliphatic carbocycles. The molecular weight excluding hydrogens is 337 g/mol. The van der Waals surface area contributed by atoms with Crippen LogP contribution in [0.5, 0.6) is 0 Å². The van der Waals surface area contributed by atoms with E-state index in [1.54, 1.807) is 31.4 Å². The van der Waals surface area contributed by atoms with E-state index in [0.29, 0.717) is 5.56 Å². The first-order valence-corrected chi connectivity index (χ1v) is 8.32. The molecule has 2 aromatic rings. The number of alkyl halides is 3. The molecule has 0 spiro atoms. The topological polar surface area (TPSA) is 32.3 Å². The summed E-state index contributed by atoms with van der Waals surface area (Å²) in [6.07, 6.45) is -4.40. The summed E-state index contributed by atoms with van der Waals surface area (Å²) < 4.78 is 38.4. The van der Waals surface area contributed by atoms with Crippen LogP contribution >= 0.6 is 11.3 Å². The van der Waals surface area contributed by atoms with Crippen molar-refractivity contribution in [1.82, 2.24) is 10.2 Å². The van der Waals surface area contributed by atoms with Gasteiger partial charge < -0.3 is 10.2 Å². The number of halogens is 3. The molecule has 0 saturated heterocycles. The number of rotatable bonds is 4. The highest BCUT2D eigenvalue weighted by Crippen LogP contribution is 2.31. The quantitative estimate of drug-likeness (QED) is 0.799. The summed E-state index contributed by atoms with van der Waals surface area (Å²) >= 11 is 1.55. The highest BCUT2D eigenvalue weighted by Gasteiger charge is 2.31. The SMILES string of the molecule is CC(NC(=O)N(C)C(C)c1cccs1)c1cccc(C(F)(F)F)c1. The van der Waals surface area contributed by atoms with Crippen LogP contribution in [0.1, 0.15) is 41.9 Å². The zero-order chi connectivity index (χ0) is 17.9. The number of amides is 2. The van der Waals surface area contributed by atoms with Crippen molar-refractivity contribution < 1.29 is 18.0 Å². The first-order valence-electron chi connectivity index (χ1n) is 7.44. The van der Waals surface area contributed by atoms with Gasteiger partial charge in [-0.3, -0.25) is 0 Å². The number of hydrogen-bond acceptors (Lipinski definition) is 2. The van der Waals surface area contributed by atoms with E-state index in [9.17, 15) is 18.0 Å². The normalized spacial score (nSPS) is 14.1. The van der Waals surface area contributed by atoms with E-state index in [-0.39, 0.29) is 12.1 Å². The molecule has 1 heterocycles. The van der Waals surface area contributed by atoms with Gasteiger partial charge in [0.25, 0.3) is 0 Å². The Hall–Kier alpha value is -2.02. The van der Waals surface area contributed by atoms with Gasteiger partial charge in [0.1, 0.15) is 0 Å². The Bertz CT molecular complexity index is 685. The number of carbonyl (C=O) groups is 1. The van der Waals surface area contributed by atoms with Crippen molar-refractivity contribution in [3.05, 3.63) is 57.8 Å². The number of thiophene rings is 1. The van der Waals surface area contributed by atoms with Gasteiger partial charge in [-0.2, -0.15) is 13.2 Å². The number of carbonyl (C=O) groups excluding carboxylic acids is 1. The smallest absolute Gasteiger partial charge is 0.331 e. The Balaban J connectivity index is 2.06. The van der Waals surface area contributed by atoms with Crippen molar-refractivity contribution in [3.63, 3.8) is 0 Å². The molecule has 2 amide bonds. The van der Waals surface area contributed by atoms with Gasteiger partial charge >= 0.3 is 12.2 Å². The van der Waals surface area contributed by atoms with Gasteiger partial charge in [-0.15, -0.1) is 11.3 Å². The maximum Gasteiger partial charge on any atom is 0.416 e. The lowest BCUT2D eigenvalue weighted by Crippen LogP contribution is -2.39. The summed E-state index contributed by atoms with van der Waals surface area (Å²) in [6, 6.07) is 7.87. The fourth-order valence-electron chi connectivity index (χ4n) is 2.25. The second-order valence-electron chi connectivity index (χ2n) is 5.60. The summed E-state index contributed by atoms with van der Waals surface area (Å²) in [6.45, 7) is 3.57. The average Bonchev–Trinajstić information content (AvgIpc) is 3.07. The van der Waals surface area contributed by atoms with Crippen molar-refractivity contribution in [3.8, 4) is 0 Å². The van der Waals surface area contributed by atoms with Gasteiger partial charge in [0.05, 0.1) is 17.6 Å². The Morgan fingerprint density at radius 3 is 2.50 bits per heavy atom. The van der Waals surface area contributed by atoms with Crippen molar-refractivity contribution >= 4 is 17.4 Å². The van der Waals surface area contributed by atoms with E-state index in [0.717, 1.165) is 17.0 Å². The lowest BCUT2D eigenvalue weighted by molar-refractivity contribution is -0.137. The van der Waals surface area contributed by atoms with Crippen LogP contribution in [0.2, 0.25) is 0 Å². The third-order valence-electron chi connectivity index (χ3n) is 3.91. The molecule has 0 fully saturated rings. The lowest BCUT2D eigenvalue weighted by Gasteiger charge is -2.26. The Morgan fingerprint density at radius 1 is 1.21 bits per heavy atom. The van der Waals surface area contributed by atoms with E-state index >= 15 is 0 Å². The molecule has 0 radical (unpaired) electrons. The molecule has 0 saturated carbocycles. The largest absolute Gasteiger partial charge is 0.416 e. The van der Waals surface area contributed by atoms with Crippen molar-refractivity contribution in [2.24, 2.45) is 0 Å². The summed E-state index contributed by atoms with van der Waals surface area (Å²) in [5.41, 5.74) is -0.309. The molecule has 1 aromatic carbocycles. The van der Waals surface area contributed by atoms with Crippen LogP contribution in [-0.2, 0) is 6.18 Å². The molecule has 2 rings (SSSR count). The number of benzene rings is 1. The van der Waals surface area contributed by atoms with Crippen LogP contribution in [0, 0.1) is 0 Å². The van der Waals surface area contributed by atoms with Gasteiger partial charge in [0, 0.05) is 11.9 Å². The van der Waals surface area contributed by atoms with Crippen LogP contribution in [0.25, 0.3) is 0 Å². The van der Waals surface area contributed by atoms with E-state index in [1.807, 2.05) is 24.4 Å². The van der Waals surface area contributed by atoms with Gasteiger partial charge in [-0.25, -0.2) is 4.79 Å². The van der Waals surface area contributed by atoms with Crippen molar-refractivity contribution in [2.75, 3.05) is 7.05 Å². The van der Waals surface area contributed by atoms with Crippen LogP contribution in [-0.4, -0.2) is 18.0 Å². The second-order valence-corrected chi connectivity index (χ2v) is 6.58. The predicted molar refractivity (Wildman–Crippen MR) is 88.9 cm³/mol. The van der Waals surface area contributed by atoms with Crippen molar-refractivity contribution in [2.45, 2.75) is 32.1 Å². The molecule has 1 aromatic heterocycles. The molecule has 7 heteroatoms. The fourth-order valence-corrected chi connectivity index (χ4v) is 3.08. The van der Waals surface area contributed by atoms with E-state index in [2.05, 4.69) is 5.32 Å². The van der Waals surface area contributed by atoms with Gasteiger partial charge in [-0.1, -0.05) is 18.2 Å². The molecular formula is C17H19F3N2OS. The highest BCUT2D eigenvalue weighted by atomic mass is 32.1. The van der Waals surface area contributed by atoms with E-state index in [4.69, 9.17) is 0 Å². The van der Waals surface area contributed by atoms with Crippen LogP contribution in [0.15, 0.2) is 41.8 Å². The minimum atomic E-state index is -4.40. The summed E-state index contributed by atoms with van der Waals surface area (Å²) in [7, 11) is 1.67. The molecule has 3 nitrogen and oxygen atoms in total. The number of nitrogens with zero attached hydrogens (tertiary/aromatic N) is 1. The zero-order valence-electron chi connectivity index (χ0n) is 13.6. The first kappa shape index (κ1) is 18.3. The summed E-state index contributed by atoms with van der Waals surface area (Å²) in [4.78, 5) is 14.9. The third kappa shape index (κ3) is 4.29. The van der Waals surface area contributed by atoms with Crippen LogP contribution in [0.4, 0.5) is 18.0 Å². The molecule has 1 N–H and O–H groups in total. The molecule has 0 bridgehead atoms. The standard InChI is InChI=1S/C17H19F3N2OS/c1-11(13-6-4-7-14(10-13)17(18,19)20)21-16(23)22(3)12(2)15-8-5-9-24-15/h4-12H,1-3H3,(H,21,23). The molecule has 24 heavy (non-hydrogen) atoms. The zero-order valence-corrected chi connectivity index (χ0v) is 14.4. The van der Waals surface area contributed by atoms with Crippen molar-refractivity contribution in [1.29, 1.82) is 0 Å². The first-order chi connectivity index (χ1) is 11.2. The monoisotopic (exact) mass is 356 g/mol. The second kappa shape index (κ2) is 7.25. The summed E-state index contributed by atoms with van der Waals surface area (Å²) in [5, 5.41) is 4.68. The fraction of sp³-hybridized carbons (Fsp3) is 0.353. The molecule has 2 atom stereocenters. The highest BCUT2D eigenvalue weighted by molar-refractivity contribution is 7.10. The third-order valence-corrected chi connectivity index (χ3v) is 4.95. The van der Waals surface area contributed by atoms with E-state index in [1.165, 1.54) is 11.0 Å². The summed E-state index contributed by atoms with van der Waals surface area (Å²) in [5.74, 6) is 0. The molecule has 2 unspecified atom stereocenters. The van der Waals surface area contributed by atoms with Crippen LogP contribution < -0.4 is 5.32 Å². The van der Waals surface area contributed by atoms with Gasteiger partial charge in [0.2, 0.25) is 0 Å². The average molecular weight is 356 g/mol. The Labute approximate surface area is 143 Å². The maximum atomic E-state index is 12.8. The Kier molecular flexibility index (Phi) is 5.54. The minimum Gasteiger partial charge on any atom is -0.331 e. The molecule has 0 aliphatic heterocycles. The lowest BCUT2D eigenvalue weighted by atomic mass is 10.1. The number of hydrogen-bond donors (Lipinski definition) is 1. The molecule has 130 valence electrons. The number of nitrogens with one attached hydrogen (secondary N) is 1. The molecule has 0 aliphatic rings.